The fourth-order valence-electron chi connectivity index (χ4n) is 4.69. The molecule has 0 saturated carbocycles. The summed E-state index contributed by atoms with van der Waals surface area (Å²) in [4.78, 5) is 28.4. The zero-order valence-corrected chi connectivity index (χ0v) is 23.1. The zero-order valence-electron chi connectivity index (χ0n) is 23.1. The van der Waals surface area contributed by atoms with Gasteiger partial charge in [0.05, 0.1) is 0 Å². The van der Waals surface area contributed by atoms with Crippen LogP contribution in [0, 0.1) is 18.6 Å². The van der Waals surface area contributed by atoms with Crippen molar-refractivity contribution in [3.63, 3.8) is 0 Å². The van der Waals surface area contributed by atoms with Crippen molar-refractivity contribution >= 4 is 11.8 Å². The van der Waals surface area contributed by atoms with Crippen molar-refractivity contribution in [2.45, 2.75) is 59.0 Å². The van der Waals surface area contributed by atoms with Gasteiger partial charge < -0.3 is 15.5 Å². The molecule has 0 aromatic heterocycles. The number of nitrogens with zero attached hydrogens (tertiary/aromatic N) is 1. The molecular weight excluding hydrogens is 496 g/mol. The molecule has 0 heterocycles. The molecule has 39 heavy (non-hydrogen) atoms. The Morgan fingerprint density at radius 3 is 2.13 bits per heavy atom. The molecule has 3 aromatic carbocycles. The molecule has 0 aliphatic heterocycles. The Morgan fingerprint density at radius 1 is 0.846 bits per heavy atom. The molecule has 0 radical (unpaired) electrons. The first-order chi connectivity index (χ1) is 18.8. The van der Waals surface area contributed by atoms with E-state index in [0.717, 1.165) is 30.0 Å². The number of carbonyl (C=O) groups excluding carboxylic acids is 2. The molecule has 3 aromatic rings. The first-order valence-electron chi connectivity index (χ1n) is 13.7. The van der Waals surface area contributed by atoms with Crippen LogP contribution in [0.25, 0.3) is 0 Å². The van der Waals surface area contributed by atoms with E-state index in [1.165, 1.54) is 12.1 Å². The van der Waals surface area contributed by atoms with E-state index < -0.39 is 11.6 Å². The second kappa shape index (κ2) is 15.1. The van der Waals surface area contributed by atoms with Crippen LogP contribution in [-0.4, -0.2) is 42.4 Å². The van der Waals surface area contributed by atoms with Crippen molar-refractivity contribution in [2.24, 2.45) is 0 Å². The summed E-state index contributed by atoms with van der Waals surface area (Å²) in [7, 11) is 0. The first-order valence-corrected chi connectivity index (χ1v) is 13.7. The average molecular weight is 536 g/mol. The number of benzene rings is 3. The standard InChI is InChI=1S/C32H39F2N3O2/c1-4-13-37(14-5-2)32(39)27-16-23(3)15-26(20-27)31(38)36-30(19-25-17-28(33)21-29(34)18-25)11-12-35-22-24-9-7-6-8-10-24/h6-10,15-18,20-21,30,35H,4-5,11-14,19,22H2,1-3H3,(H,36,38)/t30-/m1/s1. The maximum absolute atomic E-state index is 13.9. The summed E-state index contributed by atoms with van der Waals surface area (Å²) in [6.07, 6.45) is 2.53. The van der Waals surface area contributed by atoms with E-state index in [1.807, 2.05) is 56.0 Å². The van der Waals surface area contributed by atoms with Crippen LogP contribution in [0.5, 0.6) is 0 Å². The Bertz CT molecular complexity index is 1210. The Balaban J connectivity index is 1.75. The van der Waals surface area contributed by atoms with Crippen molar-refractivity contribution in [1.82, 2.24) is 15.5 Å². The van der Waals surface area contributed by atoms with Gasteiger partial charge in [0, 0.05) is 42.9 Å². The molecule has 1 atom stereocenters. The molecule has 7 heteroatoms. The summed E-state index contributed by atoms with van der Waals surface area (Å²) in [5, 5.41) is 6.42. The van der Waals surface area contributed by atoms with E-state index in [2.05, 4.69) is 10.6 Å². The molecule has 0 fully saturated rings. The van der Waals surface area contributed by atoms with Crippen molar-refractivity contribution < 1.29 is 18.4 Å². The SMILES string of the molecule is CCCN(CCC)C(=O)c1cc(C)cc(C(=O)N[C@H](CCNCc2ccccc2)Cc2cc(F)cc(F)c2)c1. The smallest absolute Gasteiger partial charge is 0.253 e. The van der Waals surface area contributed by atoms with Crippen LogP contribution in [-0.2, 0) is 13.0 Å². The molecule has 5 nitrogen and oxygen atoms in total. The van der Waals surface area contributed by atoms with Crippen LogP contribution in [0.3, 0.4) is 0 Å². The predicted molar refractivity (Wildman–Crippen MR) is 152 cm³/mol. The Kier molecular flexibility index (Phi) is 11.6. The van der Waals surface area contributed by atoms with E-state index in [-0.39, 0.29) is 24.3 Å². The highest BCUT2D eigenvalue weighted by Crippen LogP contribution is 2.16. The van der Waals surface area contributed by atoms with Crippen molar-refractivity contribution in [3.8, 4) is 0 Å². The maximum atomic E-state index is 13.9. The zero-order chi connectivity index (χ0) is 28.2. The highest BCUT2D eigenvalue weighted by atomic mass is 19.1. The minimum atomic E-state index is -0.650. The number of hydrogen-bond donors (Lipinski definition) is 2. The van der Waals surface area contributed by atoms with Gasteiger partial charge >= 0.3 is 0 Å². The number of rotatable bonds is 14. The molecular formula is C32H39F2N3O2. The van der Waals surface area contributed by atoms with Crippen LogP contribution < -0.4 is 10.6 Å². The molecule has 0 bridgehead atoms. The molecule has 0 aliphatic rings. The van der Waals surface area contributed by atoms with Crippen molar-refractivity contribution in [3.05, 3.63) is 106 Å². The third-order valence-corrected chi connectivity index (χ3v) is 6.44. The number of halogens is 2. The Labute approximate surface area is 230 Å². The van der Waals surface area contributed by atoms with E-state index >= 15 is 0 Å². The van der Waals surface area contributed by atoms with E-state index in [9.17, 15) is 18.4 Å². The lowest BCUT2D eigenvalue weighted by atomic mass is 10.0. The topological polar surface area (TPSA) is 61.4 Å². The normalized spacial score (nSPS) is 11.7. The lowest BCUT2D eigenvalue weighted by molar-refractivity contribution is 0.0755. The molecule has 0 unspecified atom stereocenters. The van der Waals surface area contributed by atoms with E-state index in [4.69, 9.17) is 0 Å². The molecule has 0 aliphatic carbocycles. The van der Waals surface area contributed by atoms with Gasteiger partial charge in [-0.25, -0.2) is 8.78 Å². The predicted octanol–water partition coefficient (Wildman–Crippen LogP) is 6.06. The molecule has 0 spiro atoms. The Morgan fingerprint density at radius 2 is 1.49 bits per heavy atom. The molecule has 0 saturated heterocycles. The molecule has 2 amide bonds. The quantitative estimate of drug-likeness (QED) is 0.247. The van der Waals surface area contributed by atoms with Crippen LogP contribution in [0.15, 0.2) is 66.7 Å². The van der Waals surface area contributed by atoms with Crippen LogP contribution in [0.2, 0.25) is 0 Å². The van der Waals surface area contributed by atoms with E-state index in [0.29, 0.717) is 49.3 Å². The minimum Gasteiger partial charge on any atom is -0.349 e. The van der Waals surface area contributed by atoms with Gasteiger partial charge in [-0.15, -0.1) is 0 Å². The van der Waals surface area contributed by atoms with Crippen LogP contribution in [0.4, 0.5) is 8.78 Å². The van der Waals surface area contributed by atoms with Crippen molar-refractivity contribution in [1.29, 1.82) is 0 Å². The third kappa shape index (κ3) is 9.59. The van der Waals surface area contributed by atoms with Gasteiger partial charge in [-0.2, -0.15) is 0 Å². The Hall–Kier alpha value is -3.58. The number of aryl methyl sites for hydroxylation is 1. The summed E-state index contributed by atoms with van der Waals surface area (Å²) in [5.41, 5.74) is 3.29. The average Bonchev–Trinajstić information content (AvgIpc) is 2.90. The van der Waals surface area contributed by atoms with Gasteiger partial charge in [-0.3, -0.25) is 9.59 Å². The monoisotopic (exact) mass is 535 g/mol. The summed E-state index contributed by atoms with van der Waals surface area (Å²) >= 11 is 0. The maximum Gasteiger partial charge on any atom is 0.253 e. The number of hydrogen-bond acceptors (Lipinski definition) is 3. The van der Waals surface area contributed by atoms with Gasteiger partial charge in [-0.05, 0) is 86.2 Å². The van der Waals surface area contributed by atoms with Gasteiger partial charge in [0.15, 0.2) is 0 Å². The van der Waals surface area contributed by atoms with E-state index in [1.54, 1.807) is 18.2 Å². The fraction of sp³-hybridized carbons (Fsp3) is 0.375. The highest BCUT2D eigenvalue weighted by molar-refractivity contribution is 6.00. The van der Waals surface area contributed by atoms with Gasteiger partial charge in [0.2, 0.25) is 0 Å². The van der Waals surface area contributed by atoms with Gasteiger partial charge in [-0.1, -0.05) is 44.2 Å². The second-order valence-electron chi connectivity index (χ2n) is 9.98. The molecule has 2 N–H and O–H groups in total. The largest absolute Gasteiger partial charge is 0.349 e. The van der Waals surface area contributed by atoms with Crippen LogP contribution in [0.1, 0.15) is 70.5 Å². The van der Waals surface area contributed by atoms with Crippen molar-refractivity contribution in [2.75, 3.05) is 19.6 Å². The minimum absolute atomic E-state index is 0.0895. The van der Waals surface area contributed by atoms with Crippen LogP contribution >= 0.6 is 0 Å². The van der Waals surface area contributed by atoms with Gasteiger partial charge in [0.25, 0.3) is 11.8 Å². The second-order valence-corrected chi connectivity index (χ2v) is 9.98. The number of amides is 2. The fourth-order valence-corrected chi connectivity index (χ4v) is 4.69. The number of nitrogens with one attached hydrogen (secondary N) is 2. The summed E-state index contributed by atoms with van der Waals surface area (Å²) < 4.78 is 27.7. The molecule has 208 valence electrons. The van der Waals surface area contributed by atoms with Gasteiger partial charge in [0.1, 0.15) is 11.6 Å². The highest BCUT2D eigenvalue weighted by Gasteiger charge is 2.20. The lowest BCUT2D eigenvalue weighted by Gasteiger charge is -2.23. The molecule has 3 rings (SSSR count). The third-order valence-electron chi connectivity index (χ3n) is 6.44. The lowest BCUT2D eigenvalue weighted by Crippen LogP contribution is -2.39. The number of carbonyl (C=O) groups is 2. The summed E-state index contributed by atoms with van der Waals surface area (Å²) in [6.45, 7) is 8.51. The first kappa shape index (κ1) is 30.0. The summed E-state index contributed by atoms with van der Waals surface area (Å²) in [6, 6.07) is 18.2. The summed E-state index contributed by atoms with van der Waals surface area (Å²) in [5.74, 6) is -1.71.